The van der Waals surface area contributed by atoms with E-state index in [0.29, 0.717) is 0 Å². The highest BCUT2D eigenvalue weighted by Gasteiger charge is 2.17. The van der Waals surface area contributed by atoms with Crippen LogP contribution in [0.1, 0.15) is 39.4 Å². The molecule has 2 heterocycles. The molecule has 1 aromatic heterocycles. The maximum atomic E-state index is 4.58. The molecule has 1 aliphatic rings. The van der Waals surface area contributed by atoms with Gasteiger partial charge in [0.2, 0.25) is 0 Å². The average molecular weight is 291 g/mol. The molecule has 5 heteroatoms. The lowest BCUT2D eigenvalue weighted by Crippen LogP contribution is -2.35. The van der Waals surface area contributed by atoms with Gasteiger partial charge in [-0.2, -0.15) is 0 Å². The van der Waals surface area contributed by atoms with Crippen molar-refractivity contribution in [3.63, 3.8) is 0 Å². The SMILES string of the molecule is CCNc1cc(NCC2CCN(CC)CC2)nc(CC)n1. The summed E-state index contributed by atoms with van der Waals surface area (Å²) in [5, 5.41) is 6.79. The van der Waals surface area contributed by atoms with E-state index < -0.39 is 0 Å². The second-order valence-corrected chi connectivity index (χ2v) is 5.70. The average Bonchev–Trinajstić information content (AvgIpc) is 2.53. The number of piperidine rings is 1. The summed E-state index contributed by atoms with van der Waals surface area (Å²) in [5.41, 5.74) is 0. The zero-order chi connectivity index (χ0) is 15.1. The van der Waals surface area contributed by atoms with Crippen LogP contribution in [-0.4, -0.2) is 47.6 Å². The lowest BCUT2D eigenvalue weighted by molar-refractivity contribution is 0.198. The molecule has 118 valence electrons. The Hall–Kier alpha value is -1.36. The molecule has 5 nitrogen and oxygen atoms in total. The Labute approximate surface area is 128 Å². The highest BCUT2D eigenvalue weighted by atomic mass is 15.1. The van der Waals surface area contributed by atoms with Crippen LogP contribution in [-0.2, 0) is 6.42 Å². The van der Waals surface area contributed by atoms with Gasteiger partial charge in [-0.25, -0.2) is 9.97 Å². The molecule has 21 heavy (non-hydrogen) atoms. The van der Waals surface area contributed by atoms with Crippen molar-refractivity contribution in [1.29, 1.82) is 0 Å². The molecular formula is C16H29N5. The van der Waals surface area contributed by atoms with Crippen molar-refractivity contribution in [1.82, 2.24) is 14.9 Å². The van der Waals surface area contributed by atoms with E-state index in [1.54, 1.807) is 0 Å². The fourth-order valence-electron chi connectivity index (χ4n) is 2.77. The summed E-state index contributed by atoms with van der Waals surface area (Å²) in [6.45, 7) is 12.0. The van der Waals surface area contributed by atoms with E-state index >= 15 is 0 Å². The zero-order valence-electron chi connectivity index (χ0n) is 13.7. The Morgan fingerprint density at radius 2 is 1.76 bits per heavy atom. The molecule has 1 aliphatic heterocycles. The van der Waals surface area contributed by atoms with Crippen LogP contribution >= 0.6 is 0 Å². The van der Waals surface area contributed by atoms with Crippen molar-refractivity contribution in [2.24, 2.45) is 5.92 Å². The molecule has 0 spiro atoms. The standard InChI is InChI=1S/C16H29N5/c1-4-14-19-15(17-5-2)11-16(20-14)18-12-13-7-9-21(6-3)10-8-13/h11,13H,4-10,12H2,1-3H3,(H2,17,18,19,20). The summed E-state index contributed by atoms with van der Waals surface area (Å²) in [5.74, 6) is 3.54. The van der Waals surface area contributed by atoms with Gasteiger partial charge in [-0.1, -0.05) is 13.8 Å². The number of nitrogens with zero attached hydrogens (tertiary/aromatic N) is 3. The third-order valence-electron chi connectivity index (χ3n) is 4.17. The van der Waals surface area contributed by atoms with Crippen LogP contribution in [0.25, 0.3) is 0 Å². The molecule has 1 saturated heterocycles. The van der Waals surface area contributed by atoms with Gasteiger partial charge in [-0.15, -0.1) is 0 Å². The van der Waals surface area contributed by atoms with E-state index in [-0.39, 0.29) is 0 Å². The summed E-state index contributed by atoms with van der Waals surface area (Å²) in [6, 6.07) is 2.02. The first kappa shape index (κ1) is 16.0. The van der Waals surface area contributed by atoms with Crippen molar-refractivity contribution in [3.05, 3.63) is 11.9 Å². The van der Waals surface area contributed by atoms with Crippen LogP contribution in [0.4, 0.5) is 11.6 Å². The molecule has 2 N–H and O–H groups in total. The van der Waals surface area contributed by atoms with Gasteiger partial charge in [0, 0.05) is 25.6 Å². The predicted molar refractivity (Wildman–Crippen MR) is 88.9 cm³/mol. The van der Waals surface area contributed by atoms with Crippen molar-refractivity contribution >= 4 is 11.6 Å². The molecule has 0 radical (unpaired) electrons. The largest absolute Gasteiger partial charge is 0.370 e. The quantitative estimate of drug-likeness (QED) is 0.809. The van der Waals surface area contributed by atoms with Crippen molar-refractivity contribution in [2.75, 3.05) is 43.4 Å². The summed E-state index contributed by atoms with van der Waals surface area (Å²) in [7, 11) is 0. The number of aryl methyl sites for hydroxylation is 1. The highest BCUT2D eigenvalue weighted by molar-refractivity contribution is 5.47. The molecule has 0 atom stereocenters. The lowest BCUT2D eigenvalue weighted by atomic mass is 9.97. The number of hydrogen-bond acceptors (Lipinski definition) is 5. The minimum atomic E-state index is 0.760. The van der Waals surface area contributed by atoms with Crippen LogP contribution in [0.15, 0.2) is 6.07 Å². The first-order chi connectivity index (χ1) is 10.2. The van der Waals surface area contributed by atoms with E-state index in [4.69, 9.17) is 0 Å². The zero-order valence-corrected chi connectivity index (χ0v) is 13.7. The van der Waals surface area contributed by atoms with Crippen molar-refractivity contribution in [2.45, 2.75) is 40.0 Å². The summed E-state index contributed by atoms with van der Waals surface area (Å²) in [4.78, 5) is 11.6. The monoisotopic (exact) mass is 291 g/mol. The van der Waals surface area contributed by atoms with Crippen LogP contribution in [0.3, 0.4) is 0 Å². The summed E-state index contributed by atoms with van der Waals surface area (Å²) < 4.78 is 0. The van der Waals surface area contributed by atoms with Gasteiger partial charge >= 0.3 is 0 Å². The predicted octanol–water partition coefficient (Wildman–Crippen LogP) is 2.61. The van der Waals surface area contributed by atoms with Gasteiger partial charge < -0.3 is 15.5 Å². The van der Waals surface area contributed by atoms with Crippen LogP contribution in [0, 0.1) is 5.92 Å². The third kappa shape index (κ3) is 4.84. The number of nitrogens with one attached hydrogen (secondary N) is 2. The molecule has 1 fully saturated rings. The van der Waals surface area contributed by atoms with Crippen molar-refractivity contribution in [3.8, 4) is 0 Å². The Morgan fingerprint density at radius 1 is 1.10 bits per heavy atom. The van der Waals surface area contributed by atoms with E-state index in [9.17, 15) is 0 Å². The maximum Gasteiger partial charge on any atom is 0.132 e. The Bertz CT molecular complexity index is 427. The van der Waals surface area contributed by atoms with Crippen LogP contribution < -0.4 is 10.6 Å². The molecule has 0 aliphatic carbocycles. The Balaban J connectivity index is 1.89. The number of anilines is 2. The fourth-order valence-corrected chi connectivity index (χ4v) is 2.77. The first-order valence-electron chi connectivity index (χ1n) is 8.33. The molecule has 0 aromatic carbocycles. The van der Waals surface area contributed by atoms with Gasteiger partial charge in [-0.05, 0) is 45.3 Å². The van der Waals surface area contributed by atoms with Crippen molar-refractivity contribution < 1.29 is 0 Å². The van der Waals surface area contributed by atoms with E-state index in [1.165, 1.54) is 32.5 Å². The van der Waals surface area contributed by atoms with E-state index in [1.807, 2.05) is 6.07 Å². The summed E-state index contributed by atoms with van der Waals surface area (Å²) in [6.07, 6.45) is 3.43. The highest BCUT2D eigenvalue weighted by Crippen LogP contribution is 2.18. The molecule has 0 saturated carbocycles. The second kappa shape index (κ2) is 8.17. The van der Waals surface area contributed by atoms with Gasteiger partial charge in [0.15, 0.2) is 0 Å². The molecule has 1 aromatic rings. The van der Waals surface area contributed by atoms with E-state index in [2.05, 4.69) is 46.3 Å². The van der Waals surface area contributed by atoms with Crippen LogP contribution in [0.2, 0.25) is 0 Å². The minimum absolute atomic E-state index is 0.760. The third-order valence-corrected chi connectivity index (χ3v) is 4.17. The molecule has 2 rings (SSSR count). The molecular weight excluding hydrogens is 262 g/mol. The van der Waals surface area contributed by atoms with E-state index in [0.717, 1.165) is 42.9 Å². The van der Waals surface area contributed by atoms with Gasteiger partial charge in [-0.3, -0.25) is 0 Å². The molecule has 0 amide bonds. The van der Waals surface area contributed by atoms with Gasteiger partial charge in [0.25, 0.3) is 0 Å². The second-order valence-electron chi connectivity index (χ2n) is 5.70. The fraction of sp³-hybridized carbons (Fsp3) is 0.750. The number of aromatic nitrogens is 2. The first-order valence-corrected chi connectivity index (χ1v) is 8.33. The van der Waals surface area contributed by atoms with Crippen LogP contribution in [0.5, 0.6) is 0 Å². The topological polar surface area (TPSA) is 53.1 Å². The number of rotatable bonds is 7. The summed E-state index contributed by atoms with van der Waals surface area (Å²) >= 11 is 0. The Kier molecular flexibility index (Phi) is 6.23. The molecule has 0 bridgehead atoms. The van der Waals surface area contributed by atoms with Gasteiger partial charge in [0.1, 0.15) is 17.5 Å². The minimum Gasteiger partial charge on any atom is -0.370 e. The lowest BCUT2D eigenvalue weighted by Gasteiger charge is -2.31. The Morgan fingerprint density at radius 3 is 2.33 bits per heavy atom. The van der Waals surface area contributed by atoms with Gasteiger partial charge in [0.05, 0.1) is 0 Å². The maximum absolute atomic E-state index is 4.58. The number of hydrogen-bond donors (Lipinski definition) is 2. The molecule has 0 unspecified atom stereocenters. The normalized spacial score (nSPS) is 16.9. The number of likely N-dealkylation sites (tertiary alicyclic amines) is 1. The smallest absolute Gasteiger partial charge is 0.132 e.